The van der Waals surface area contributed by atoms with Crippen LogP contribution >= 0.6 is 0 Å². The van der Waals surface area contributed by atoms with Crippen molar-refractivity contribution in [2.45, 2.75) is 18.9 Å². The summed E-state index contributed by atoms with van der Waals surface area (Å²) in [4.78, 5) is 8.01. The Kier molecular flexibility index (Phi) is 4.82. The van der Waals surface area contributed by atoms with E-state index in [1.54, 1.807) is 6.07 Å². The third kappa shape index (κ3) is 3.75. The molecule has 1 aromatic carbocycles. The number of hydrogen-bond acceptors (Lipinski definition) is 6. The number of piperidine rings is 1. The highest BCUT2D eigenvalue weighted by molar-refractivity contribution is 5.59. The number of anilines is 2. The minimum absolute atomic E-state index is 0.0677. The van der Waals surface area contributed by atoms with E-state index < -0.39 is 11.6 Å². The van der Waals surface area contributed by atoms with Crippen molar-refractivity contribution >= 4 is 11.5 Å². The molecule has 0 unspecified atom stereocenters. The number of hydrogen-bond donors (Lipinski definition) is 2. The zero-order valence-electron chi connectivity index (χ0n) is 12.7. The highest BCUT2D eigenvalue weighted by atomic mass is 19.1. The number of nitrogens with one attached hydrogen (secondary N) is 2. The maximum Gasteiger partial charge on any atom is 0.218 e. The van der Waals surface area contributed by atoms with E-state index >= 15 is 0 Å². The minimum atomic E-state index is -0.804. The first-order chi connectivity index (χ1) is 11.7. The van der Waals surface area contributed by atoms with Crippen molar-refractivity contribution in [3.8, 4) is 11.9 Å². The number of rotatable bonds is 4. The van der Waals surface area contributed by atoms with Gasteiger partial charge in [0.2, 0.25) is 5.88 Å². The molecular formula is C16H15F2N5O. The molecule has 6 nitrogen and oxygen atoms in total. The SMILES string of the molecule is N#Cc1cc(F)c(Nc2cc(OC3CCNCC3)ncn2)cc1F. The van der Waals surface area contributed by atoms with Gasteiger partial charge in [-0.25, -0.2) is 18.7 Å². The Morgan fingerprint density at radius 2 is 1.96 bits per heavy atom. The molecule has 1 aromatic heterocycles. The van der Waals surface area contributed by atoms with E-state index in [0.29, 0.717) is 5.88 Å². The van der Waals surface area contributed by atoms with Gasteiger partial charge < -0.3 is 15.4 Å². The topological polar surface area (TPSA) is 82.9 Å². The van der Waals surface area contributed by atoms with Gasteiger partial charge in [0, 0.05) is 12.1 Å². The van der Waals surface area contributed by atoms with E-state index in [2.05, 4.69) is 20.6 Å². The molecule has 1 saturated heterocycles. The zero-order valence-corrected chi connectivity index (χ0v) is 12.7. The molecule has 0 radical (unpaired) electrons. The van der Waals surface area contributed by atoms with E-state index in [1.807, 2.05) is 0 Å². The molecule has 24 heavy (non-hydrogen) atoms. The molecule has 2 N–H and O–H groups in total. The van der Waals surface area contributed by atoms with Crippen molar-refractivity contribution in [1.82, 2.24) is 15.3 Å². The smallest absolute Gasteiger partial charge is 0.218 e. The summed E-state index contributed by atoms with van der Waals surface area (Å²) in [6.07, 6.45) is 3.11. The highest BCUT2D eigenvalue weighted by Crippen LogP contribution is 2.24. The lowest BCUT2D eigenvalue weighted by molar-refractivity contribution is 0.156. The number of ether oxygens (including phenoxy) is 1. The molecular weight excluding hydrogens is 316 g/mol. The molecule has 1 aliphatic rings. The Hall–Kier alpha value is -2.79. The van der Waals surface area contributed by atoms with Gasteiger partial charge in [-0.05, 0) is 32.0 Å². The number of nitriles is 1. The fourth-order valence-electron chi connectivity index (χ4n) is 2.42. The normalized spacial score (nSPS) is 14.9. The van der Waals surface area contributed by atoms with Crippen LogP contribution in [0.1, 0.15) is 18.4 Å². The van der Waals surface area contributed by atoms with E-state index in [1.165, 1.54) is 12.4 Å². The van der Waals surface area contributed by atoms with Gasteiger partial charge in [-0.3, -0.25) is 0 Å². The van der Waals surface area contributed by atoms with E-state index in [-0.39, 0.29) is 23.2 Å². The minimum Gasteiger partial charge on any atom is -0.474 e. The van der Waals surface area contributed by atoms with Crippen LogP contribution in [0.5, 0.6) is 5.88 Å². The molecule has 0 aliphatic carbocycles. The number of nitrogens with zero attached hydrogens (tertiary/aromatic N) is 3. The zero-order chi connectivity index (χ0) is 16.9. The van der Waals surface area contributed by atoms with Gasteiger partial charge in [-0.1, -0.05) is 0 Å². The Balaban J connectivity index is 1.75. The Morgan fingerprint density at radius 1 is 1.17 bits per heavy atom. The van der Waals surface area contributed by atoms with Crippen molar-refractivity contribution in [1.29, 1.82) is 5.26 Å². The maximum absolute atomic E-state index is 13.9. The second kappa shape index (κ2) is 7.19. The summed E-state index contributed by atoms with van der Waals surface area (Å²) in [7, 11) is 0. The first-order valence-corrected chi connectivity index (χ1v) is 7.51. The number of aromatic nitrogens is 2. The molecule has 2 heterocycles. The summed E-state index contributed by atoms with van der Waals surface area (Å²) in [6.45, 7) is 1.77. The first kappa shape index (κ1) is 16.1. The van der Waals surface area contributed by atoms with Crippen LogP contribution in [0.25, 0.3) is 0 Å². The summed E-state index contributed by atoms with van der Waals surface area (Å²) in [5, 5.41) is 14.6. The molecule has 0 atom stereocenters. The average molecular weight is 331 g/mol. The van der Waals surface area contributed by atoms with Gasteiger partial charge in [-0.2, -0.15) is 5.26 Å². The van der Waals surface area contributed by atoms with Crippen molar-refractivity contribution < 1.29 is 13.5 Å². The van der Waals surface area contributed by atoms with Crippen LogP contribution in [0.3, 0.4) is 0 Å². The van der Waals surface area contributed by atoms with Crippen molar-refractivity contribution in [3.05, 3.63) is 41.7 Å². The summed E-state index contributed by atoms with van der Waals surface area (Å²) in [5.41, 5.74) is -0.464. The fourth-order valence-corrected chi connectivity index (χ4v) is 2.42. The molecule has 0 saturated carbocycles. The molecule has 0 bridgehead atoms. The summed E-state index contributed by atoms with van der Waals surface area (Å²) >= 11 is 0. The summed E-state index contributed by atoms with van der Waals surface area (Å²) in [5.74, 6) is -0.903. The van der Waals surface area contributed by atoms with E-state index in [9.17, 15) is 8.78 Å². The molecule has 3 rings (SSSR count). The van der Waals surface area contributed by atoms with Gasteiger partial charge in [-0.15, -0.1) is 0 Å². The lowest BCUT2D eigenvalue weighted by atomic mass is 10.1. The third-order valence-electron chi connectivity index (χ3n) is 3.66. The van der Waals surface area contributed by atoms with Crippen LogP contribution in [0, 0.1) is 23.0 Å². The van der Waals surface area contributed by atoms with Crippen molar-refractivity contribution in [3.63, 3.8) is 0 Å². The molecule has 1 aliphatic heterocycles. The van der Waals surface area contributed by atoms with Crippen LogP contribution in [-0.2, 0) is 0 Å². The van der Waals surface area contributed by atoms with Crippen LogP contribution in [0.2, 0.25) is 0 Å². The molecule has 1 fully saturated rings. The third-order valence-corrected chi connectivity index (χ3v) is 3.66. The lowest BCUT2D eigenvalue weighted by Gasteiger charge is -2.23. The lowest BCUT2D eigenvalue weighted by Crippen LogP contribution is -2.34. The first-order valence-electron chi connectivity index (χ1n) is 7.51. The summed E-state index contributed by atoms with van der Waals surface area (Å²) in [6, 6.07) is 4.87. The van der Waals surface area contributed by atoms with Crippen LogP contribution in [0.15, 0.2) is 24.5 Å². The van der Waals surface area contributed by atoms with Gasteiger partial charge in [0.1, 0.15) is 36.0 Å². The second-order valence-corrected chi connectivity index (χ2v) is 5.36. The van der Waals surface area contributed by atoms with Crippen molar-refractivity contribution in [2.24, 2.45) is 0 Å². The van der Waals surface area contributed by atoms with Crippen LogP contribution in [-0.4, -0.2) is 29.2 Å². The van der Waals surface area contributed by atoms with E-state index in [0.717, 1.165) is 38.1 Å². The molecule has 124 valence electrons. The summed E-state index contributed by atoms with van der Waals surface area (Å²) < 4.78 is 33.3. The van der Waals surface area contributed by atoms with Gasteiger partial charge in [0.25, 0.3) is 0 Å². The van der Waals surface area contributed by atoms with Crippen molar-refractivity contribution in [2.75, 3.05) is 18.4 Å². The number of halogens is 2. The molecule has 8 heteroatoms. The van der Waals surface area contributed by atoms with Gasteiger partial charge in [0.05, 0.1) is 11.3 Å². The standard InChI is InChI=1S/C16H15F2N5O/c17-12-6-14(13(18)5-10(12)8-19)23-15-7-16(22-9-21-15)24-11-1-3-20-4-2-11/h5-7,9,11,20H,1-4H2,(H,21,22,23). The fraction of sp³-hybridized carbons (Fsp3) is 0.312. The maximum atomic E-state index is 13.9. The average Bonchev–Trinajstić information content (AvgIpc) is 2.59. The van der Waals surface area contributed by atoms with Crippen LogP contribution in [0.4, 0.5) is 20.3 Å². The van der Waals surface area contributed by atoms with E-state index in [4.69, 9.17) is 10.00 Å². The molecule has 0 amide bonds. The second-order valence-electron chi connectivity index (χ2n) is 5.36. The number of benzene rings is 1. The van der Waals surface area contributed by atoms with Crippen LogP contribution < -0.4 is 15.4 Å². The van der Waals surface area contributed by atoms with Gasteiger partial charge >= 0.3 is 0 Å². The monoisotopic (exact) mass is 331 g/mol. The Bertz CT molecular complexity index is 772. The largest absolute Gasteiger partial charge is 0.474 e. The predicted molar refractivity (Wildman–Crippen MR) is 82.9 cm³/mol. The Labute approximate surface area is 137 Å². The molecule has 0 spiro atoms. The molecule has 2 aromatic rings. The predicted octanol–water partition coefficient (Wildman–Crippen LogP) is 2.50. The Morgan fingerprint density at radius 3 is 2.71 bits per heavy atom. The highest BCUT2D eigenvalue weighted by Gasteiger charge is 2.16. The van der Waals surface area contributed by atoms with Gasteiger partial charge in [0.15, 0.2) is 0 Å². The quantitative estimate of drug-likeness (QED) is 0.896.